The van der Waals surface area contributed by atoms with Gasteiger partial charge in [-0.2, -0.15) is 4.31 Å². The minimum atomic E-state index is -4.09. The van der Waals surface area contributed by atoms with Gasteiger partial charge in [0.25, 0.3) is 0 Å². The summed E-state index contributed by atoms with van der Waals surface area (Å²) in [7, 11) is -2.91. The van der Waals surface area contributed by atoms with Crippen LogP contribution in [0.5, 0.6) is 0 Å². The van der Waals surface area contributed by atoms with E-state index in [0.717, 1.165) is 10.4 Å². The van der Waals surface area contributed by atoms with Crippen LogP contribution in [0.4, 0.5) is 0 Å². The van der Waals surface area contributed by atoms with E-state index < -0.39 is 27.5 Å². The van der Waals surface area contributed by atoms with Crippen LogP contribution in [0.15, 0.2) is 23.1 Å². The van der Waals surface area contributed by atoms with Crippen LogP contribution < -0.4 is 0 Å². The molecule has 0 atom stereocenters. The molecule has 1 aliphatic rings. The summed E-state index contributed by atoms with van der Waals surface area (Å²) in [5, 5.41) is 18.2. The van der Waals surface area contributed by atoms with Crippen LogP contribution in [-0.4, -0.2) is 60.7 Å². The molecular weight excluding hydrogens is 314 g/mol. The second-order valence-electron chi connectivity index (χ2n) is 5.08. The molecule has 1 heterocycles. The van der Waals surface area contributed by atoms with Crippen LogP contribution in [0.1, 0.15) is 15.9 Å². The van der Waals surface area contributed by atoms with Gasteiger partial charge in [0, 0.05) is 7.05 Å². The number of aliphatic carboxylic acids is 1. The number of carbonyl (C=O) groups is 2. The summed E-state index contributed by atoms with van der Waals surface area (Å²) in [5.41, 5.74) is -1.36. The Kier molecular flexibility index (Phi) is 3.98. The van der Waals surface area contributed by atoms with Crippen molar-refractivity contribution >= 4 is 22.0 Å². The Hall–Kier alpha value is -1.97. The highest BCUT2D eigenvalue weighted by Gasteiger charge is 2.54. The topological polar surface area (TPSA) is 121 Å². The van der Waals surface area contributed by atoms with E-state index in [4.69, 9.17) is 9.84 Å². The van der Waals surface area contributed by atoms with Gasteiger partial charge in [0.1, 0.15) is 0 Å². The summed E-state index contributed by atoms with van der Waals surface area (Å²) >= 11 is 0. The van der Waals surface area contributed by atoms with Gasteiger partial charge < -0.3 is 14.9 Å². The number of aryl methyl sites for hydroxylation is 1. The fourth-order valence-corrected chi connectivity index (χ4v) is 3.69. The van der Waals surface area contributed by atoms with Crippen LogP contribution in [0.3, 0.4) is 0 Å². The second kappa shape index (κ2) is 5.34. The Bertz CT molecular complexity index is 737. The highest BCUT2D eigenvalue weighted by atomic mass is 32.2. The first-order valence-corrected chi connectivity index (χ1v) is 7.71. The molecule has 0 unspecified atom stereocenters. The smallest absolute Gasteiger partial charge is 0.335 e. The van der Waals surface area contributed by atoms with Gasteiger partial charge in [0.2, 0.25) is 10.0 Å². The lowest BCUT2D eigenvalue weighted by molar-refractivity contribution is -0.175. The quantitative estimate of drug-likeness (QED) is 0.789. The number of aromatic carboxylic acids is 1. The molecule has 0 radical (unpaired) electrons. The van der Waals surface area contributed by atoms with Gasteiger partial charge in [-0.25, -0.2) is 18.0 Å². The van der Waals surface area contributed by atoms with Crippen molar-refractivity contribution in [2.24, 2.45) is 0 Å². The fraction of sp³-hybridized carbons (Fsp3) is 0.385. The van der Waals surface area contributed by atoms with E-state index in [2.05, 4.69) is 0 Å². The average molecular weight is 329 g/mol. The fourth-order valence-electron chi connectivity index (χ4n) is 2.16. The molecule has 0 saturated carbocycles. The van der Waals surface area contributed by atoms with Crippen LogP contribution in [0, 0.1) is 6.92 Å². The lowest BCUT2D eigenvalue weighted by atomic mass is 9.98. The van der Waals surface area contributed by atoms with E-state index in [1.165, 1.54) is 26.1 Å². The minimum Gasteiger partial charge on any atom is -0.480 e. The molecule has 0 bridgehead atoms. The summed E-state index contributed by atoms with van der Waals surface area (Å²) in [6.07, 6.45) is 0. The average Bonchev–Trinajstić information content (AvgIpc) is 2.36. The Morgan fingerprint density at radius 2 is 1.86 bits per heavy atom. The highest BCUT2D eigenvalue weighted by molar-refractivity contribution is 7.89. The molecule has 1 saturated heterocycles. The number of nitrogens with zero attached hydrogens (tertiary/aromatic N) is 1. The van der Waals surface area contributed by atoms with Crippen molar-refractivity contribution in [1.82, 2.24) is 4.31 Å². The first-order valence-electron chi connectivity index (χ1n) is 6.27. The molecule has 1 aliphatic heterocycles. The monoisotopic (exact) mass is 329 g/mol. The van der Waals surface area contributed by atoms with E-state index in [9.17, 15) is 23.1 Å². The van der Waals surface area contributed by atoms with E-state index in [1.807, 2.05) is 0 Å². The molecule has 1 aromatic rings. The van der Waals surface area contributed by atoms with Crippen molar-refractivity contribution in [2.75, 3.05) is 20.3 Å². The molecule has 120 valence electrons. The Balaban J connectivity index is 2.45. The maximum absolute atomic E-state index is 12.6. The van der Waals surface area contributed by atoms with Gasteiger partial charge in [-0.3, -0.25) is 0 Å². The number of hydrogen-bond donors (Lipinski definition) is 2. The number of carboxylic acid groups (broad SMARTS) is 2. The summed E-state index contributed by atoms with van der Waals surface area (Å²) in [4.78, 5) is 22.2. The Morgan fingerprint density at radius 1 is 1.27 bits per heavy atom. The van der Waals surface area contributed by atoms with Crippen LogP contribution >= 0.6 is 0 Å². The number of rotatable bonds is 5. The van der Waals surface area contributed by atoms with E-state index in [0.29, 0.717) is 0 Å². The Morgan fingerprint density at radius 3 is 2.23 bits per heavy atom. The van der Waals surface area contributed by atoms with Crippen molar-refractivity contribution in [3.8, 4) is 0 Å². The predicted octanol–water partition coefficient (Wildman–Crippen LogP) is 0.167. The standard InChI is InChI=1S/C13H15NO7S/c1-8-5-9(3-4-10(8)11(15)16)22(19,20)14(2)13(12(17)18)6-21-7-13/h3-5H,6-7H2,1-2H3,(H,15,16)(H,17,18). The maximum atomic E-state index is 12.6. The van der Waals surface area contributed by atoms with E-state index in [1.54, 1.807) is 0 Å². The molecule has 2 rings (SSSR count). The number of ether oxygens (including phenoxy) is 1. The van der Waals surface area contributed by atoms with Gasteiger partial charge in [-0.15, -0.1) is 0 Å². The van der Waals surface area contributed by atoms with Crippen molar-refractivity contribution in [2.45, 2.75) is 17.4 Å². The van der Waals surface area contributed by atoms with Gasteiger partial charge in [-0.05, 0) is 30.7 Å². The van der Waals surface area contributed by atoms with Crippen LogP contribution in [-0.2, 0) is 19.6 Å². The zero-order valence-electron chi connectivity index (χ0n) is 11.9. The predicted molar refractivity (Wildman–Crippen MR) is 74.3 cm³/mol. The van der Waals surface area contributed by atoms with Crippen molar-refractivity contribution in [3.63, 3.8) is 0 Å². The molecule has 0 amide bonds. The molecule has 9 heteroatoms. The normalized spacial score (nSPS) is 17.0. The first kappa shape index (κ1) is 16.4. The highest BCUT2D eigenvalue weighted by Crippen LogP contribution is 2.30. The zero-order valence-corrected chi connectivity index (χ0v) is 12.8. The van der Waals surface area contributed by atoms with Gasteiger partial charge in [-0.1, -0.05) is 0 Å². The van der Waals surface area contributed by atoms with Gasteiger partial charge in [0.15, 0.2) is 5.54 Å². The molecule has 1 aromatic carbocycles. The number of carboxylic acids is 2. The van der Waals surface area contributed by atoms with Crippen molar-refractivity contribution < 1.29 is 33.0 Å². The van der Waals surface area contributed by atoms with Gasteiger partial charge in [0.05, 0.1) is 23.7 Å². The lowest BCUT2D eigenvalue weighted by Crippen LogP contribution is -2.67. The minimum absolute atomic E-state index is 0.0125. The van der Waals surface area contributed by atoms with Gasteiger partial charge >= 0.3 is 11.9 Å². The lowest BCUT2D eigenvalue weighted by Gasteiger charge is -2.43. The summed E-state index contributed by atoms with van der Waals surface area (Å²) in [6.45, 7) is 1.01. The number of benzene rings is 1. The summed E-state index contributed by atoms with van der Waals surface area (Å²) in [6, 6.07) is 3.55. The number of sulfonamides is 1. The third-order valence-electron chi connectivity index (χ3n) is 3.77. The van der Waals surface area contributed by atoms with Crippen LogP contribution in [0.25, 0.3) is 0 Å². The van der Waals surface area contributed by atoms with Crippen molar-refractivity contribution in [1.29, 1.82) is 0 Å². The largest absolute Gasteiger partial charge is 0.480 e. The molecule has 1 fully saturated rings. The zero-order chi connectivity index (χ0) is 16.7. The summed E-state index contributed by atoms with van der Waals surface area (Å²) in [5.74, 6) is -2.45. The molecule has 8 nitrogen and oxygen atoms in total. The third-order valence-corrected chi connectivity index (χ3v) is 5.69. The third kappa shape index (κ3) is 2.36. The van der Waals surface area contributed by atoms with Crippen molar-refractivity contribution in [3.05, 3.63) is 29.3 Å². The maximum Gasteiger partial charge on any atom is 0.335 e. The molecule has 22 heavy (non-hydrogen) atoms. The molecule has 0 spiro atoms. The summed E-state index contributed by atoms with van der Waals surface area (Å²) < 4.78 is 30.8. The second-order valence-corrected chi connectivity index (χ2v) is 7.05. The number of likely N-dealkylation sites (N-methyl/N-ethyl adjacent to an activating group) is 1. The molecule has 0 aliphatic carbocycles. The van der Waals surface area contributed by atoms with E-state index >= 15 is 0 Å². The molecule has 2 N–H and O–H groups in total. The van der Waals surface area contributed by atoms with E-state index in [-0.39, 0.29) is 29.2 Å². The SMILES string of the molecule is Cc1cc(S(=O)(=O)N(C)C2(C(=O)O)COC2)ccc1C(=O)O. The Labute approximate surface area is 127 Å². The molecule has 0 aromatic heterocycles. The van der Waals surface area contributed by atoms with Crippen LogP contribution in [0.2, 0.25) is 0 Å². The molecular formula is C13H15NO7S. The number of hydrogen-bond acceptors (Lipinski definition) is 5. The first-order chi connectivity index (χ1) is 10.1.